The summed E-state index contributed by atoms with van der Waals surface area (Å²) < 4.78 is 1.71. The highest BCUT2D eigenvalue weighted by Crippen LogP contribution is 2.18. The first kappa shape index (κ1) is 10.5. The molecule has 16 heavy (non-hydrogen) atoms. The fourth-order valence-electron chi connectivity index (χ4n) is 1.64. The Morgan fingerprint density at radius 2 is 2.31 bits per heavy atom. The molecule has 1 amide bonds. The number of aryl methyl sites for hydroxylation is 1. The second kappa shape index (κ2) is 3.84. The third-order valence-corrected chi connectivity index (χ3v) is 2.51. The predicted molar refractivity (Wildman–Crippen MR) is 62.9 cm³/mol. The van der Waals surface area contributed by atoms with Crippen LogP contribution in [0.1, 0.15) is 5.56 Å². The summed E-state index contributed by atoms with van der Waals surface area (Å²) in [6, 6.07) is 5.85. The molecule has 0 atom stereocenters. The number of nitrogen functional groups attached to an aromatic ring is 1. The summed E-state index contributed by atoms with van der Waals surface area (Å²) in [4.78, 5) is 15.5. The summed E-state index contributed by atoms with van der Waals surface area (Å²) in [6.45, 7) is 2.19. The normalized spacial score (nSPS) is 10.6. The van der Waals surface area contributed by atoms with Gasteiger partial charge in [0.05, 0.1) is 11.0 Å². The van der Waals surface area contributed by atoms with Crippen molar-refractivity contribution in [3.05, 3.63) is 23.8 Å². The Kier molecular flexibility index (Phi) is 2.52. The summed E-state index contributed by atoms with van der Waals surface area (Å²) in [5.41, 5.74) is 8.60. The Bertz CT molecular complexity index is 544. The fourth-order valence-corrected chi connectivity index (χ4v) is 1.64. The number of carbonyl (C=O) groups excluding carboxylic acids is 1. The molecular weight excluding hydrogens is 204 g/mol. The molecule has 1 aromatic heterocycles. The number of aromatic nitrogens is 2. The average Bonchev–Trinajstić information content (AvgIpc) is 2.55. The molecule has 0 spiro atoms. The number of likely N-dealkylation sites (N-methyl/N-ethyl adjacent to an activating group) is 1. The summed E-state index contributed by atoms with van der Waals surface area (Å²) >= 11 is 0. The van der Waals surface area contributed by atoms with Crippen molar-refractivity contribution >= 4 is 22.9 Å². The molecule has 2 rings (SSSR count). The van der Waals surface area contributed by atoms with E-state index in [1.54, 1.807) is 11.6 Å². The Balaban J connectivity index is 2.54. The van der Waals surface area contributed by atoms with Crippen LogP contribution in [0.3, 0.4) is 0 Å². The predicted octanol–water partition coefficient (Wildman–Crippen LogP) is 0.673. The fraction of sp³-hybridized carbons (Fsp3) is 0.273. The second-order valence-electron chi connectivity index (χ2n) is 3.72. The Morgan fingerprint density at radius 3 is 3.00 bits per heavy atom. The van der Waals surface area contributed by atoms with Crippen molar-refractivity contribution in [3.63, 3.8) is 0 Å². The molecule has 0 aliphatic heterocycles. The number of nitrogens with zero attached hydrogens (tertiary/aromatic N) is 2. The van der Waals surface area contributed by atoms with E-state index in [1.807, 2.05) is 25.1 Å². The van der Waals surface area contributed by atoms with Gasteiger partial charge in [0.1, 0.15) is 6.54 Å². The van der Waals surface area contributed by atoms with Gasteiger partial charge in [-0.1, -0.05) is 6.07 Å². The minimum atomic E-state index is -0.0903. The number of imidazole rings is 1. The zero-order chi connectivity index (χ0) is 11.7. The number of nitrogens with one attached hydrogen (secondary N) is 1. The maximum atomic E-state index is 11.3. The maximum absolute atomic E-state index is 11.3. The average molecular weight is 218 g/mol. The van der Waals surface area contributed by atoms with Crippen LogP contribution in [0.2, 0.25) is 0 Å². The summed E-state index contributed by atoms with van der Waals surface area (Å²) in [5, 5.41) is 2.57. The van der Waals surface area contributed by atoms with E-state index in [4.69, 9.17) is 5.73 Å². The molecule has 5 heteroatoms. The van der Waals surface area contributed by atoms with Gasteiger partial charge in [0.2, 0.25) is 11.9 Å². The second-order valence-corrected chi connectivity index (χ2v) is 3.72. The molecule has 2 aromatic rings. The van der Waals surface area contributed by atoms with E-state index in [-0.39, 0.29) is 12.5 Å². The van der Waals surface area contributed by atoms with Crippen LogP contribution in [-0.4, -0.2) is 22.5 Å². The number of nitrogens with two attached hydrogens (primary N) is 1. The Morgan fingerprint density at radius 1 is 1.56 bits per heavy atom. The molecule has 0 unspecified atom stereocenters. The highest BCUT2D eigenvalue weighted by atomic mass is 16.1. The van der Waals surface area contributed by atoms with Crippen LogP contribution in [-0.2, 0) is 11.3 Å². The topological polar surface area (TPSA) is 72.9 Å². The van der Waals surface area contributed by atoms with Gasteiger partial charge in [0, 0.05) is 7.05 Å². The molecule has 0 aliphatic carbocycles. The van der Waals surface area contributed by atoms with Gasteiger partial charge < -0.3 is 15.6 Å². The quantitative estimate of drug-likeness (QED) is 0.778. The number of rotatable bonds is 2. The molecule has 3 N–H and O–H groups in total. The van der Waals surface area contributed by atoms with E-state index in [0.717, 1.165) is 16.6 Å². The van der Waals surface area contributed by atoms with Crippen LogP contribution in [0.25, 0.3) is 11.0 Å². The first-order valence-electron chi connectivity index (χ1n) is 5.05. The maximum Gasteiger partial charge on any atom is 0.239 e. The van der Waals surface area contributed by atoms with Gasteiger partial charge in [-0.2, -0.15) is 0 Å². The number of hydrogen-bond acceptors (Lipinski definition) is 3. The number of fused-ring (bicyclic) bond motifs is 1. The van der Waals surface area contributed by atoms with Gasteiger partial charge >= 0.3 is 0 Å². The van der Waals surface area contributed by atoms with Crippen LogP contribution in [0.5, 0.6) is 0 Å². The lowest BCUT2D eigenvalue weighted by Crippen LogP contribution is -2.24. The van der Waals surface area contributed by atoms with Gasteiger partial charge in [0.25, 0.3) is 0 Å². The number of anilines is 1. The van der Waals surface area contributed by atoms with Crippen LogP contribution in [0, 0.1) is 6.92 Å². The van der Waals surface area contributed by atoms with Crippen LogP contribution in [0.15, 0.2) is 18.2 Å². The summed E-state index contributed by atoms with van der Waals surface area (Å²) in [5.74, 6) is 0.275. The highest BCUT2D eigenvalue weighted by Gasteiger charge is 2.10. The smallest absolute Gasteiger partial charge is 0.239 e. The zero-order valence-corrected chi connectivity index (χ0v) is 9.32. The highest BCUT2D eigenvalue weighted by molar-refractivity contribution is 5.83. The molecular formula is C11H14N4O. The number of hydrogen-bond donors (Lipinski definition) is 2. The summed E-state index contributed by atoms with van der Waals surface area (Å²) in [7, 11) is 1.60. The van der Waals surface area contributed by atoms with Crippen molar-refractivity contribution in [3.8, 4) is 0 Å². The van der Waals surface area contributed by atoms with Crippen molar-refractivity contribution in [2.75, 3.05) is 12.8 Å². The van der Waals surface area contributed by atoms with E-state index in [0.29, 0.717) is 5.95 Å². The molecule has 1 heterocycles. The Labute approximate surface area is 93.3 Å². The van der Waals surface area contributed by atoms with E-state index >= 15 is 0 Å². The van der Waals surface area contributed by atoms with E-state index < -0.39 is 0 Å². The minimum absolute atomic E-state index is 0.0903. The Hall–Kier alpha value is -2.04. The monoisotopic (exact) mass is 218 g/mol. The summed E-state index contributed by atoms with van der Waals surface area (Å²) in [6.07, 6.45) is 0. The van der Waals surface area contributed by atoms with Crippen molar-refractivity contribution in [2.45, 2.75) is 13.5 Å². The number of benzene rings is 1. The van der Waals surface area contributed by atoms with Crippen LogP contribution in [0.4, 0.5) is 5.95 Å². The lowest BCUT2D eigenvalue weighted by molar-refractivity contribution is -0.121. The molecule has 84 valence electrons. The largest absolute Gasteiger partial charge is 0.369 e. The van der Waals surface area contributed by atoms with Crippen molar-refractivity contribution < 1.29 is 4.79 Å². The molecule has 0 bridgehead atoms. The van der Waals surface area contributed by atoms with E-state index in [1.165, 1.54) is 0 Å². The third-order valence-electron chi connectivity index (χ3n) is 2.51. The van der Waals surface area contributed by atoms with Crippen LogP contribution < -0.4 is 11.1 Å². The first-order chi connectivity index (χ1) is 7.61. The molecule has 1 aromatic carbocycles. The number of amides is 1. The van der Waals surface area contributed by atoms with Crippen molar-refractivity contribution in [1.29, 1.82) is 0 Å². The molecule has 5 nitrogen and oxygen atoms in total. The first-order valence-corrected chi connectivity index (χ1v) is 5.05. The standard InChI is InChI=1S/C11H14N4O/c1-7-3-4-8-9(5-7)15(11(12)14-8)6-10(16)13-2/h3-5H,6H2,1-2H3,(H2,12,14)(H,13,16). The van der Waals surface area contributed by atoms with E-state index in [9.17, 15) is 4.79 Å². The van der Waals surface area contributed by atoms with Gasteiger partial charge in [-0.05, 0) is 24.6 Å². The van der Waals surface area contributed by atoms with Gasteiger partial charge in [-0.25, -0.2) is 4.98 Å². The third kappa shape index (κ3) is 1.71. The van der Waals surface area contributed by atoms with Crippen LogP contribution >= 0.6 is 0 Å². The van der Waals surface area contributed by atoms with Gasteiger partial charge in [0.15, 0.2) is 0 Å². The molecule has 0 aliphatic rings. The van der Waals surface area contributed by atoms with Gasteiger partial charge in [-0.15, -0.1) is 0 Å². The molecule has 0 saturated heterocycles. The van der Waals surface area contributed by atoms with Gasteiger partial charge in [-0.3, -0.25) is 4.79 Å². The zero-order valence-electron chi connectivity index (χ0n) is 9.32. The van der Waals surface area contributed by atoms with Crippen molar-refractivity contribution in [2.24, 2.45) is 0 Å². The SMILES string of the molecule is CNC(=O)Cn1c(N)nc2ccc(C)cc21. The number of carbonyl (C=O) groups is 1. The van der Waals surface area contributed by atoms with E-state index in [2.05, 4.69) is 10.3 Å². The molecule has 0 radical (unpaired) electrons. The van der Waals surface area contributed by atoms with Crippen molar-refractivity contribution in [1.82, 2.24) is 14.9 Å². The molecule has 0 saturated carbocycles. The lowest BCUT2D eigenvalue weighted by Gasteiger charge is -2.05. The lowest BCUT2D eigenvalue weighted by atomic mass is 10.2. The molecule has 0 fully saturated rings. The minimum Gasteiger partial charge on any atom is -0.369 e.